The lowest BCUT2D eigenvalue weighted by Crippen LogP contribution is -2.17. The van der Waals surface area contributed by atoms with Crippen LogP contribution in [0, 0.1) is 10.1 Å². The van der Waals surface area contributed by atoms with Crippen LogP contribution in [-0.4, -0.2) is 24.2 Å². The highest BCUT2D eigenvalue weighted by atomic mass is 16.6. The molecule has 1 N–H and O–H groups in total. The third-order valence-electron chi connectivity index (χ3n) is 2.08. The van der Waals surface area contributed by atoms with Gasteiger partial charge in [-0.05, 0) is 32.9 Å². The summed E-state index contributed by atoms with van der Waals surface area (Å²) >= 11 is 0. The standard InChI is InChI=1S/C11H18N2O4/c1-9(2)16-7-3-6-12-8-10-4-5-11(17-10)13(14)15/h4-5,9,12H,3,6-8H2,1-2H3. The molecule has 0 aliphatic carbocycles. The highest BCUT2D eigenvalue weighted by molar-refractivity contribution is 5.17. The summed E-state index contributed by atoms with van der Waals surface area (Å²) in [4.78, 5) is 9.83. The lowest BCUT2D eigenvalue weighted by Gasteiger charge is -2.07. The fourth-order valence-corrected chi connectivity index (χ4v) is 1.29. The number of nitro groups is 1. The third kappa shape index (κ3) is 5.46. The highest BCUT2D eigenvalue weighted by Crippen LogP contribution is 2.14. The molecule has 6 heteroatoms. The number of furan rings is 1. The molecule has 0 aromatic carbocycles. The maximum Gasteiger partial charge on any atom is 0.433 e. The van der Waals surface area contributed by atoms with Crippen molar-refractivity contribution < 1.29 is 14.1 Å². The maximum atomic E-state index is 10.4. The number of hydrogen-bond acceptors (Lipinski definition) is 5. The second-order valence-electron chi connectivity index (χ2n) is 3.95. The zero-order valence-electron chi connectivity index (χ0n) is 10.1. The van der Waals surface area contributed by atoms with Crippen molar-refractivity contribution in [2.45, 2.75) is 32.9 Å². The predicted octanol–water partition coefficient (Wildman–Crippen LogP) is 2.09. The fourth-order valence-electron chi connectivity index (χ4n) is 1.29. The van der Waals surface area contributed by atoms with E-state index in [1.54, 1.807) is 6.07 Å². The predicted molar refractivity (Wildman–Crippen MR) is 62.8 cm³/mol. The second kappa shape index (κ2) is 7.03. The number of nitrogens with zero attached hydrogens (tertiary/aromatic N) is 1. The molecular weight excluding hydrogens is 224 g/mol. The lowest BCUT2D eigenvalue weighted by atomic mass is 10.4. The SMILES string of the molecule is CC(C)OCCCNCc1ccc([N+](=O)[O-])o1. The van der Waals surface area contributed by atoms with Crippen LogP contribution in [0.3, 0.4) is 0 Å². The van der Waals surface area contributed by atoms with E-state index in [1.165, 1.54) is 6.07 Å². The van der Waals surface area contributed by atoms with Gasteiger partial charge >= 0.3 is 5.88 Å². The van der Waals surface area contributed by atoms with Crippen LogP contribution in [0.2, 0.25) is 0 Å². The molecule has 0 saturated carbocycles. The Morgan fingerprint density at radius 2 is 2.29 bits per heavy atom. The molecule has 96 valence electrons. The van der Waals surface area contributed by atoms with Crippen LogP contribution in [0.4, 0.5) is 5.88 Å². The Hall–Kier alpha value is -1.40. The van der Waals surface area contributed by atoms with Crippen molar-refractivity contribution in [1.29, 1.82) is 0 Å². The summed E-state index contributed by atoms with van der Waals surface area (Å²) in [7, 11) is 0. The average Bonchev–Trinajstić information content (AvgIpc) is 2.71. The summed E-state index contributed by atoms with van der Waals surface area (Å²) in [5, 5.41) is 13.5. The molecule has 1 rings (SSSR count). The Bertz CT molecular complexity index is 349. The molecular formula is C11H18N2O4. The smallest absolute Gasteiger partial charge is 0.404 e. The number of rotatable bonds is 8. The molecule has 17 heavy (non-hydrogen) atoms. The van der Waals surface area contributed by atoms with Gasteiger partial charge in [-0.2, -0.15) is 0 Å². The van der Waals surface area contributed by atoms with Gasteiger partial charge in [0, 0.05) is 6.61 Å². The first-order chi connectivity index (χ1) is 8.09. The summed E-state index contributed by atoms with van der Waals surface area (Å²) in [5.41, 5.74) is 0. The fraction of sp³-hybridized carbons (Fsp3) is 0.636. The third-order valence-corrected chi connectivity index (χ3v) is 2.08. The van der Waals surface area contributed by atoms with Crippen molar-refractivity contribution in [2.24, 2.45) is 0 Å². The number of ether oxygens (including phenoxy) is 1. The lowest BCUT2D eigenvalue weighted by molar-refractivity contribution is -0.402. The summed E-state index contributed by atoms with van der Waals surface area (Å²) in [5.74, 6) is 0.353. The van der Waals surface area contributed by atoms with Gasteiger partial charge in [0.1, 0.15) is 10.7 Å². The summed E-state index contributed by atoms with van der Waals surface area (Å²) in [6.07, 6.45) is 1.16. The molecule has 1 aromatic heterocycles. The molecule has 1 aromatic rings. The van der Waals surface area contributed by atoms with E-state index in [-0.39, 0.29) is 12.0 Å². The van der Waals surface area contributed by atoms with Crippen LogP contribution in [-0.2, 0) is 11.3 Å². The summed E-state index contributed by atoms with van der Waals surface area (Å²) in [6, 6.07) is 2.97. The molecule has 0 aliphatic rings. The van der Waals surface area contributed by atoms with E-state index in [0.29, 0.717) is 18.9 Å². The van der Waals surface area contributed by atoms with Crippen LogP contribution in [0.1, 0.15) is 26.0 Å². The molecule has 0 unspecified atom stereocenters. The van der Waals surface area contributed by atoms with Crippen LogP contribution >= 0.6 is 0 Å². The molecule has 0 saturated heterocycles. The van der Waals surface area contributed by atoms with Gasteiger partial charge in [0.25, 0.3) is 0 Å². The molecule has 0 spiro atoms. The normalized spacial score (nSPS) is 11.0. The minimum Gasteiger partial charge on any atom is -0.404 e. The van der Waals surface area contributed by atoms with Crippen LogP contribution < -0.4 is 5.32 Å². The van der Waals surface area contributed by atoms with Gasteiger partial charge in [-0.3, -0.25) is 10.1 Å². The van der Waals surface area contributed by atoms with E-state index < -0.39 is 4.92 Å². The topological polar surface area (TPSA) is 77.5 Å². The quantitative estimate of drug-likeness (QED) is 0.429. The summed E-state index contributed by atoms with van der Waals surface area (Å²) < 4.78 is 10.4. The van der Waals surface area contributed by atoms with Crippen molar-refractivity contribution >= 4 is 5.88 Å². The maximum absolute atomic E-state index is 10.4. The van der Waals surface area contributed by atoms with Gasteiger partial charge in [0.05, 0.1) is 18.7 Å². The Kier molecular flexibility index (Phi) is 5.65. The average molecular weight is 242 g/mol. The first-order valence-electron chi connectivity index (χ1n) is 5.65. The Balaban J connectivity index is 2.11. The van der Waals surface area contributed by atoms with Crippen LogP contribution in [0.15, 0.2) is 16.5 Å². The largest absolute Gasteiger partial charge is 0.433 e. The van der Waals surface area contributed by atoms with E-state index in [2.05, 4.69) is 5.32 Å². The summed E-state index contributed by atoms with van der Waals surface area (Å²) in [6.45, 7) is 5.99. The Morgan fingerprint density at radius 1 is 1.53 bits per heavy atom. The first-order valence-corrected chi connectivity index (χ1v) is 5.65. The van der Waals surface area contributed by atoms with E-state index >= 15 is 0 Å². The second-order valence-corrected chi connectivity index (χ2v) is 3.95. The number of nitrogens with one attached hydrogen (secondary N) is 1. The van der Waals surface area contributed by atoms with Gasteiger partial charge in [-0.1, -0.05) is 0 Å². The van der Waals surface area contributed by atoms with Crippen molar-refractivity contribution in [3.63, 3.8) is 0 Å². The molecule has 0 bridgehead atoms. The van der Waals surface area contributed by atoms with Gasteiger partial charge in [-0.15, -0.1) is 0 Å². The van der Waals surface area contributed by atoms with Gasteiger partial charge < -0.3 is 14.5 Å². The van der Waals surface area contributed by atoms with Crippen LogP contribution in [0.5, 0.6) is 0 Å². The zero-order valence-corrected chi connectivity index (χ0v) is 10.1. The Labute approximate surface area is 100 Å². The molecule has 0 radical (unpaired) electrons. The Morgan fingerprint density at radius 3 is 2.88 bits per heavy atom. The molecule has 0 fully saturated rings. The van der Waals surface area contributed by atoms with Crippen molar-refractivity contribution in [3.05, 3.63) is 28.0 Å². The molecule has 0 atom stereocenters. The van der Waals surface area contributed by atoms with Crippen LogP contribution in [0.25, 0.3) is 0 Å². The van der Waals surface area contributed by atoms with E-state index in [1.807, 2.05) is 13.8 Å². The minimum atomic E-state index is -0.542. The van der Waals surface area contributed by atoms with Gasteiger partial charge in [0.15, 0.2) is 0 Å². The van der Waals surface area contributed by atoms with E-state index in [4.69, 9.17) is 9.15 Å². The van der Waals surface area contributed by atoms with E-state index in [9.17, 15) is 10.1 Å². The molecule has 6 nitrogen and oxygen atoms in total. The van der Waals surface area contributed by atoms with Gasteiger partial charge in [0.2, 0.25) is 0 Å². The highest BCUT2D eigenvalue weighted by Gasteiger charge is 2.10. The molecule has 0 aliphatic heterocycles. The van der Waals surface area contributed by atoms with Crippen molar-refractivity contribution in [2.75, 3.05) is 13.2 Å². The zero-order chi connectivity index (χ0) is 12.7. The monoisotopic (exact) mass is 242 g/mol. The molecule has 1 heterocycles. The first kappa shape index (κ1) is 13.7. The molecule has 0 amide bonds. The number of hydrogen-bond donors (Lipinski definition) is 1. The van der Waals surface area contributed by atoms with Crippen molar-refractivity contribution in [1.82, 2.24) is 5.32 Å². The van der Waals surface area contributed by atoms with Crippen molar-refractivity contribution in [3.8, 4) is 0 Å². The van der Waals surface area contributed by atoms with Gasteiger partial charge in [-0.25, -0.2) is 0 Å². The van der Waals surface area contributed by atoms with E-state index in [0.717, 1.165) is 13.0 Å². The minimum absolute atomic E-state index is 0.218.